The number of hydrogen-bond donors (Lipinski definition) is 1. The van der Waals surface area contributed by atoms with Gasteiger partial charge in [-0.1, -0.05) is 81.4 Å². The summed E-state index contributed by atoms with van der Waals surface area (Å²) >= 11 is 0. The molecule has 3 rings (SSSR count). The summed E-state index contributed by atoms with van der Waals surface area (Å²) in [5, 5.41) is 5.49. The average Bonchev–Trinajstić information content (AvgIpc) is 2.76. The Morgan fingerprint density at radius 3 is 1.91 bits per heavy atom. The Hall–Kier alpha value is -1.99. The van der Waals surface area contributed by atoms with Crippen molar-refractivity contribution in [2.45, 2.75) is 63.6 Å². The molecule has 0 heterocycles. The number of amides is 1. The molecule has 0 saturated heterocycles. The van der Waals surface area contributed by atoms with Gasteiger partial charge in [0.2, 0.25) is 5.91 Å². The Kier molecular flexibility index (Phi) is 7.30. The number of benzene rings is 2. The van der Waals surface area contributed by atoms with Gasteiger partial charge in [-0.3, -0.25) is 4.79 Å². The smallest absolute Gasteiger partial charge is 0.261 e. The van der Waals surface area contributed by atoms with Gasteiger partial charge < -0.3 is 19.2 Å². The second kappa shape index (κ2) is 9.47. The Balaban J connectivity index is 2.07. The Bertz CT molecular complexity index is 860. The maximum Gasteiger partial charge on any atom is 0.261 e. The molecular formula is C26H37NO4Si. The molecule has 6 heteroatoms. The third-order valence-corrected chi connectivity index (χ3v) is 11.9. The monoisotopic (exact) mass is 455 g/mol. The molecule has 5 nitrogen and oxygen atoms in total. The zero-order chi connectivity index (χ0) is 23.5. The van der Waals surface area contributed by atoms with Crippen LogP contribution in [0.4, 0.5) is 0 Å². The molecule has 2 aromatic rings. The van der Waals surface area contributed by atoms with Gasteiger partial charge in [-0.05, 0) is 35.2 Å². The van der Waals surface area contributed by atoms with E-state index in [1.54, 1.807) is 14.0 Å². The van der Waals surface area contributed by atoms with Crippen LogP contribution < -0.4 is 15.7 Å². The molecule has 0 unspecified atom stereocenters. The fraction of sp³-hybridized carbons (Fsp3) is 0.500. The molecule has 32 heavy (non-hydrogen) atoms. The topological polar surface area (TPSA) is 56.8 Å². The van der Waals surface area contributed by atoms with Crippen molar-refractivity contribution < 1.29 is 18.7 Å². The predicted molar refractivity (Wildman–Crippen MR) is 131 cm³/mol. The van der Waals surface area contributed by atoms with Crippen LogP contribution in [0.25, 0.3) is 0 Å². The van der Waals surface area contributed by atoms with Gasteiger partial charge in [-0.2, -0.15) is 0 Å². The van der Waals surface area contributed by atoms with Crippen molar-refractivity contribution >= 4 is 24.6 Å². The highest BCUT2D eigenvalue weighted by Gasteiger charge is 2.60. The first kappa shape index (κ1) is 24.6. The Morgan fingerprint density at radius 1 is 1.00 bits per heavy atom. The lowest BCUT2D eigenvalue weighted by Gasteiger charge is -2.58. The second-order valence-electron chi connectivity index (χ2n) is 10.00. The van der Waals surface area contributed by atoms with Gasteiger partial charge >= 0.3 is 0 Å². The minimum Gasteiger partial charge on any atom is -0.405 e. The predicted octanol–water partition coefficient (Wildman–Crippen LogP) is 3.61. The number of nitrogens with one attached hydrogen (secondary N) is 1. The van der Waals surface area contributed by atoms with E-state index in [-0.39, 0.29) is 17.7 Å². The molecule has 1 fully saturated rings. The molecule has 1 aliphatic rings. The van der Waals surface area contributed by atoms with Crippen molar-refractivity contribution in [1.29, 1.82) is 0 Å². The lowest BCUT2D eigenvalue weighted by molar-refractivity contribution is -0.214. The summed E-state index contributed by atoms with van der Waals surface area (Å²) in [7, 11) is -1.11. The molecule has 1 aliphatic carbocycles. The zero-order valence-electron chi connectivity index (χ0n) is 20.2. The molecule has 174 valence electrons. The summed E-state index contributed by atoms with van der Waals surface area (Å²) in [5.41, 5.74) is -1.16. The van der Waals surface area contributed by atoms with E-state index in [1.807, 2.05) is 19.1 Å². The van der Waals surface area contributed by atoms with E-state index in [1.165, 1.54) is 10.4 Å². The third-order valence-electron chi connectivity index (χ3n) is 6.90. The fourth-order valence-corrected chi connectivity index (χ4v) is 9.58. The van der Waals surface area contributed by atoms with Crippen molar-refractivity contribution in [2.24, 2.45) is 0 Å². The summed E-state index contributed by atoms with van der Waals surface area (Å²) in [5.74, 6) is -0.0806. The van der Waals surface area contributed by atoms with E-state index in [0.717, 1.165) is 12.8 Å². The van der Waals surface area contributed by atoms with Gasteiger partial charge in [-0.15, -0.1) is 0 Å². The zero-order valence-corrected chi connectivity index (χ0v) is 21.2. The van der Waals surface area contributed by atoms with Gasteiger partial charge in [0, 0.05) is 14.0 Å². The van der Waals surface area contributed by atoms with E-state index < -0.39 is 19.5 Å². The highest BCUT2D eigenvalue weighted by Crippen LogP contribution is 2.47. The molecule has 0 bridgehead atoms. The molecule has 0 spiro atoms. The molecule has 0 radical (unpaired) electrons. The van der Waals surface area contributed by atoms with Gasteiger partial charge in [0.1, 0.15) is 6.79 Å². The van der Waals surface area contributed by atoms with E-state index in [0.29, 0.717) is 6.61 Å². The number of hydrogen-bond acceptors (Lipinski definition) is 4. The van der Waals surface area contributed by atoms with E-state index in [2.05, 4.69) is 74.6 Å². The largest absolute Gasteiger partial charge is 0.405 e. The van der Waals surface area contributed by atoms with Crippen LogP contribution in [0.15, 0.2) is 60.7 Å². The SMILES string of the molecule is COCO[C@@]1(C)CC[C@@]1(CO[Si](c1ccccc1)(c1ccccc1)C(C)(C)C)NC(C)=O. The van der Waals surface area contributed by atoms with E-state index >= 15 is 0 Å². The number of carbonyl (C=O) groups excluding carboxylic acids is 1. The number of ether oxygens (including phenoxy) is 2. The molecule has 0 aliphatic heterocycles. The standard InChI is InChI=1S/C26H37NO4Si/c1-21(28)27-26(18-17-25(26,5)30-20-29-6)19-31-32(24(2,3)4,22-13-9-7-10-14-22)23-15-11-8-12-16-23/h7-16H,17-20H2,1-6H3,(H,27,28)/t25-,26-/m0/s1. The molecule has 1 saturated carbocycles. The van der Waals surface area contributed by atoms with E-state index in [9.17, 15) is 4.79 Å². The lowest BCUT2D eigenvalue weighted by atomic mass is 9.63. The molecule has 1 amide bonds. The van der Waals surface area contributed by atoms with Crippen molar-refractivity contribution in [3.63, 3.8) is 0 Å². The Labute approximate surface area is 193 Å². The van der Waals surface area contributed by atoms with Crippen LogP contribution in [-0.2, 0) is 18.7 Å². The molecule has 0 aromatic heterocycles. The molecule has 2 aromatic carbocycles. The third kappa shape index (κ3) is 4.42. The van der Waals surface area contributed by atoms with Crippen molar-refractivity contribution in [3.05, 3.63) is 60.7 Å². The van der Waals surface area contributed by atoms with Crippen LogP contribution in [0.3, 0.4) is 0 Å². The molecule has 1 N–H and O–H groups in total. The van der Waals surface area contributed by atoms with Crippen LogP contribution in [0.2, 0.25) is 5.04 Å². The summed E-state index contributed by atoms with van der Waals surface area (Å²) < 4.78 is 18.4. The minimum atomic E-state index is -2.72. The highest BCUT2D eigenvalue weighted by molar-refractivity contribution is 6.99. The first-order valence-electron chi connectivity index (χ1n) is 11.3. The van der Waals surface area contributed by atoms with E-state index in [4.69, 9.17) is 13.9 Å². The first-order valence-corrected chi connectivity index (χ1v) is 13.2. The van der Waals surface area contributed by atoms with Crippen molar-refractivity contribution in [2.75, 3.05) is 20.5 Å². The summed E-state index contributed by atoms with van der Waals surface area (Å²) in [6, 6.07) is 21.1. The van der Waals surface area contributed by atoms with Crippen LogP contribution >= 0.6 is 0 Å². The maximum atomic E-state index is 12.2. The summed E-state index contributed by atoms with van der Waals surface area (Å²) in [6.07, 6.45) is 1.63. The lowest BCUT2D eigenvalue weighted by Crippen LogP contribution is -2.76. The van der Waals surface area contributed by atoms with Crippen LogP contribution in [0, 0.1) is 0 Å². The Morgan fingerprint density at radius 2 is 1.53 bits per heavy atom. The average molecular weight is 456 g/mol. The summed E-state index contributed by atoms with van der Waals surface area (Å²) in [6.45, 7) is 10.9. The van der Waals surface area contributed by atoms with Gasteiger partial charge in [-0.25, -0.2) is 0 Å². The quantitative estimate of drug-likeness (QED) is 0.464. The second-order valence-corrected chi connectivity index (χ2v) is 14.3. The molecular weight excluding hydrogens is 418 g/mol. The van der Waals surface area contributed by atoms with Gasteiger partial charge in [0.05, 0.1) is 17.7 Å². The fourth-order valence-electron chi connectivity index (χ4n) is 4.96. The number of methoxy groups -OCH3 is 1. The van der Waals surface area contributed by atoms with Crippen LogP contribution in [0.5, 0.6) is 0 Å². The van der Waals surface area contributed by atoms with Crippen molar-refractivity contribution in [3.8, 4) is 0 Å². The summed E-state index contributed by atoms with van der Waals surface area (Å²) in [4.78, 5) is 12.2. The van der Waals surface area contributed by atoms with Crippen molar-refractivity contribution in [1.82, 2.24) is 5.32 Å². The van der Waals surface area contributed by atoms with Gasteiger partial charge in [0.25, 0.3) is 8.32 Å². The number of carbonyl (C=O) groups is 1. The van der Waals surface area contributed by atoms with Crippen LogP contribution in [0.1, 0.15) is 47.5 Å². The highest BCUT2D eigenvalue weighted by atomic mass is 28.4. The van der Waals surface area contributed by atoms with Crippen LogP contribution in [-0.4, -0.2) is 45.9 Å². The van der Waals surface area contributed by atoms with Gasteiger partial charge in [0.15, 0.2) is 0 Å². The minimum absolute atomic E-state index is 0.0806. The normalized spacial score (nSPS) is 23.4. The first-order chi connectivity index (χ1) is 15.1. The maximum absolute atomic E-state index is 12.2. The number of rotatable bonds is 9. The molecule has 2 atom stereocenters.